The van der Waals surface area contributed by atoms with Gasteiger partial charge in [-0.1, -0.05) is 6.07 Å². The van der Waals surface area contributed by atoms with E-state index in [1.165, 1.54) is 12.1 Å². The van der Waals surface area contributed by atoms with E-state index >= 15 is 0 Å². The Hall–Kier alpha value is -1.46. The smallest absolute Gasteiger partial charge is 0.228 e. The normalized spacial score (nSPS) is 22.4. The zero-order chi connectivity index (χ0) is 13.2. The third-order valence-electron chi connectivity index (χ3n) is 3.66. The van der Waals surface area contributed by atoms with Crippen LogP contribution in [-0.2, 0) is 16.0 Å². The monoisotopic (exact) mass is 264 g/mol. The lowest BCUT2D eigenvalue weighted by molar-refractivity contribution is -0.119. The summed E-state index contributed by atoms with van der Waals surface area (Å²) in [6, 6.07) is 4.73. The number of morpholine rings is 1. The predicted octanol–water partition coefficient (Wildman–Crippen LogP) is 1.09. The lowest BCUT2D eigenvalue weighted by Gasteiger charge is -2.25. The van der Waals surface area contributed by atoms with Crippen LogP contribution in [0, 0.1) is 5.82 Å². The van der Waals surface area contributed by atoms with Gasteiger partial charge in [-0.25, -0.2) is 4.39 Å². The maximum Gasteiger partial charge on any atom is 0.228 e. The molecule has 1 aromatic carbocycles. The molecule has 1 unspecified atom stereocenters. The molecule has 1 amide bonds. The van der Waals surface area contributed by atoms with E-state index in [-0.39, 0.29) is 17.8 Å². The number of hydrogen-bond donors (Lipinski definition) is 1. The molecule has 4 nitrogen and oxygen atoms in total. The summed E-state index contributed by atoms with van der Waals surface area (Å²) >= 11 is 0. The molecule has 5 heteroatoms. The Bertz CT molecular complexity index is 486. The molecule has 19 heavy (non-hydrogen) atoms. The van der Waals surface area contributed by atoms with E-state index in [2.05, 4.69) is 5.32 Å². The molecule has 102 valence electrons. The lowest BCUT2D eigenvalue weighted by atomic mass is 10.1. The largest absolute Gasteiger partial charge is 0.378 e. The van der Waals surface area contributed by atoms with Crippen LogP contribution in [0.3, 0.4) is 0 Å². The van der Waals surface area contributed by atoms with Crippen LogP contribution in [0.15, 0.2) is 18.2 Å². The van der Waals surface area contributed by atoms with Crippen molar-refractivity contribution in [1.82, 2.24) is 5.32 Å². The molecule has 2 heterocycles. The lowest BCUT2D eigenvalue weighted by Crippen LogP contribution is -2.45. The second kappa shape index (κ2) is 5.27. The number of rotatable bonds is 2. The Kier molecular flexibility index (Phi) is 3.48. The molecule has 1 saturated heterocycles. The highest BCUT2D eigenvalue weighted by molar-refractivity contribution is 5.95. The number of ether oxygens (including phenoxy) is 1. The average Bonchev–Trinajstić information content (AvgIpc) is 2.82. The van der Waals surface area contributed by atoms with Crippen molar-refractivity contribution in [3.63, 3.8) is 0 Å². The zero-order valence-electron chi connectivity index (χ0n) is 10.7. The summed E-state index contributed by atoms with van der Waals surface area (Å²) in [5, 5.41) is 3.26. The minimum absolute atomic E-state index is 0.0346. The van der Waals surface area contributed by atoms with Crippen molar-refractivity contribution < 1.29 is 13.9 Å². The Morgan fingerprint density at radius 1 is 1.53 bits per heavy atom. The number of halogens is 1. The third-order valence-corrected chi connectivity index (χ3v) is 3.66. The molecule has 0 aliphatic carbocycles. The Balaban J connectivity index is 1.70. The van der Waals surface area contributed by atoms with E-state index in [4.69, 9.17) is 4.74 Å². The van der Waals surface area contributed by atoms with Gasteiger partial charge >= 0.3 is 0 Å². The minimum Gasteiger partial charge on any atom is -0.378 e. The first-order chi connectivity index (χ1) is 9.24. The standard InChI is InChI=1S/C14H17FN2O2/c15-11-2-1-10-3-5-17(13(10)7-11)14(18)8-12-9-19-6-4-16-12/h1-2,7,12,16H,3-6,8-9H2. The topological polar surface area (TPSA) is 41.6 Å². The third kappa shape index (κ3) is 2.62. The number of nitrogens with zero attached hydrogens (tertiary/aromatic N) is 1. The summed E-state index contributed by atoms with van der Waals surface area (Å²) in [7, 11) is 0. The molecule has 0 saturated carbocycles. The van der Waals surface area contributed by atoms with Gasteiger partial charge in [0.2, 0.25) is 5.91 Å². The zero-order valence-corrected chi connectivity index (χ0v) is 10.7. The Labute approximate surface area is 111 Å². The van der Waals surface area contributed by atoms with Gasteiger partial charge < -0.3 is 15.0 Å². The summed E-state index contributed by atoms with van der Waals surface area (Å²) in [5.74, 6) is -0.259. The molecule has 0 bridgehead atoms. The molecule has 0 spiro atoms. The van der Waals surface area contributed by atoms with E-state index < -0.39 is 0 Å². The van der Waals surface area contributed by atoms with Crippen molar-refractivity contribution in [1.29, 1.82) is 0 Å². The maximum absolute atomic E-state index is 13.3. The van der Waals surface area contributed by atoms with Crippen molar-refractivity contribution in [3.8, 4) is 0 Å². The quantitative estimate of drug-likeness (QED) is 0.869. The summed E-state index contributed by atoms with van der Waals surface area (Å²) < 4.78 is 18.6. The number of anilines is 1. The van der Waals surface area contributed by atoms with Crippen molar-refractivity contribution in [2.45, 2.75) is 18.9 Å². The maximum atomic E-state index is 13.3. The molecule has 2 aliphatic rings. The summed E-state index contributed by atoms with van der Waals surface area (Å²) in [4.78, 5) is 14.0. The number of fused-ring (bicyclic) bond motifs is 1. The molecule has 1 aromatic rings. The number of carbonyl (C=O) groups is 1. The highest BCUT2D eigenvalue weighted by atomic mass is 19.1. The number of amides is 1. The van der Waals surface area contributed by atoms with Crippen molar-refractivity contribution >= 4 is 11.6 Å². The molecular formula is C14H17FN2O2. The van der Waals surface area contributed by atoms with Gasteiger partial charge in [0.15, 0.2) is 0 Å². The number of carbonyl (C=O) groups excluding carboxylic acids is 1. The first-order valence-corrected chi connectivity index (χ1v) is 6.64. The van der Waals surface area contributed by atoms with E-state index in [0.717, 1.165) is 24.2 Å². The number of nitrogens with one attached hydrogen (secondary N) is 1. The summed E-state index contributed by atoms with van der Waals surface area (Å²) in [6.45, 7) is 2.69. The predicted molar refractivity (Wildman–Crippen MR) is 69.7 cm³/mol. The molecule has 1 N–H and O–H groups in total. The molecule has 3 rings (SSSR count). The van der Waals surface area contributed by atoms with E-state index in [0.29, 0.717) is 26.2 Å². The van der Waals surface area contributed by atoms with Gasteiger partial charge in [-0.05, 0) is 24.1 Å². The second-order valence-electron chi connectivity index (χ2n) is 5.00. The fraction of sp³-hybridized carbons (Fsp3) is 0.500. The van der Waals surface area contributed by atoms with E-state index in [1.807, 2.05) is 0 Å². The van der Waals surface area contributed by atoms with Crippen LogP contribution in [0.4, 0.5) is 10.1 Å². The van der Waals surface area contributed by atoms with E-state index in [9.17, 15) is 9.18 Å². The van der Waals surface area contributed by atoms with Crippen LogP contribution in [0.2, 0.25) is 0 Å². The first-order valence-electron chi connectivity index (χ1n) is 6.64. The van der Waals surface area contributed by atoms with E-state index in [1.54, 1.807) is 11.0 Å². The minimum atomic E-state index is -0.294. The van der Waals surface area contributed by atoms with Crippen LogP contribution in [0.1, 0.15) is 12.0 Å². The molecular weight excluding hydrogens is 247 g/mol. The van der Waals surface area contributed by atoms with Crippen LogP contribution >= 0.6 is 0 Å². The van der Waals surface area contributed by atoms with Gasteiger partial charge in [0, 0.05) is 31.2 Å². The molecule has 1 atom stereocenters. The van der Waals surface area contributed by atoms with Crippen molar-refractivity contribution in [3.05, 3.63) is 29.6 Å². The average molecular weight is 264 g/mol. The van der Waals surface area contributed by atoms with Gasteiger partial charge in [-0.2, -0.15) is 0 Å². The fourth-order valence-electron chi connectivity index (χ4n) is 2.68. The van der Waals surface area contributed by atoms with Gasteiger partial charge in [-0.15, -0.1) is 0 Å². The summed E-state index contributed by atoms with van der Waals surface area (Å²) in [5.41, 5.74) is 1.77. The van der Waals surface area contributed by atoms with Gasteiger partial charge in [0.1, 0.15) is 5.82 Å². The highest BCUT2D eigenvalue weighted by Crippen LogP contribution is 2.29. The van der Waals surface area contributed by atoms with Gasteiger partial charge in [0.25, 0.3) is 0 Å². The summed E-state index contributed by atoms with van der Waals surface area (Å²) in [6.07, 6.45) is 1.20. The Morgan fingerprint density at radius 2 is 2.42 bits per heavy atom. The van der Waals surface area contributed by atoms with Gasteiger partial charge in [0.05, 0.1) is 13.2 Å². The fourth-order valence-corrected chi connectivity index (χ4v) is 2.68. The first kappa shape index (κ1) is 12.6. The second-order valence-corrected chi connectivity index (χ2v) is 5.00. The van der Waals surface area contributed by atoms with Crippen molar-refractivity contribution in [2.24, 2.45) is 0 Å². The molecule has 2 aliphatic heterocycles. The van der Waals surface area contributed by atoms with Crippen molar-refractivity contribution in [2.75, 3.05) is 31.2 Å². The Morgan fingerprint density at radius 3 is 3.21 bits per heavy atom. The molecule has 1 fully saturated rings. The SMILES string of the molecule is O=C(CC1COCCN1)N1CCc2ccc(F)cc21. The highest BCUT2D eigenvalue weighted by Gasteiger charge is 2.27. The number of hydrogen-bond acceptors (Lipinski definition) is 3. The van der Waals surface area contributed by atoms with Gasteiger partial charge in [-0.3, -0.25) is 4.79 Å². The molecule has 0 radical (unpaired) electrons. The van der Waals surface area contributed by atoms with Crippen LogP contribution in [0.5, 0.6) is 0 Å². The number of benzene rings is 1. The molecule has 0 aromatic heterocycles. The van der Waals surface area contributed by atoms with Crippen LogP contribution < -0.4 is 10.2 Å². The van der Waals surface area contributed by atoms with Crippen LogP contribution in [0.25, 0.3) is 0 Å². The van der Waals surface area contributed by atoms with Crippen LogP contribution in [-0.4, -0.2) is 38.3 Å².